The van der Waals surface area contributed by atoms with E-state index in [1.54, 1.807) is 6.07 Å². The van der Waals surface area contributed by atoms with Gasteiger partial charge in [0.1, 0.15) is 18.2 Å². The molecule has 0 fully saturated rings. The number of hydrogen-bond donors (Lipinski definition) is 1. The smallest absolute Gasteiger partial charge is 0.146 e. The lowest BCUT2D eigenvalue weighted by molar-refractivity contribution is 0.289. The van der Waals surface area contributed by atoms with Crippen molar-refractivity contribution in [2.45, 2.75) is 13.1 Å². The van der Waals surface area contributed by atoms with Gasteiger partial charge in [-0.15, -0.1) is 0 Å². The molecule has 110 valence electrons. The molecular formula is C17H19FN2O. The molecule has 1 N–H and O–H groups in total. The lowest BCUT2D eigenvalue weighted by Crippen LogP contribution is -2.22. The van der Waals surface area contributed by atoms with Crippen LogP contribution in [-0.4, -0.2) is 25.1 Å². The number of ether oxygens (including phenoxy) is 1. The molecule has 0 radical (unpaired) electrons. The summed E-state index contributed by atoms with van der Waals surface area (Å²) in [6, 6.07) is 13.0. The van der Waals surface area contributed by atoms with Crippen LogP contribution in [0.15, 0.2) is 42.5 Å². The minimum atomic E-state index is -0.155. The van der Waals surface area contributed by atoms with Crippen molar-refractivity contribution in [2.75, 3.05) is 25.5 Å². The van der Waals surface area contributed by atoms with Crippen molar-refractivity contribution in [2.24, 2.45) is 0 Å². The minimum Gasteiger partial charge on any atom is -0.489 e. The van der Waals surface area contributed by atoms with E-state index >= 15 is 0 Å². The van der Waals surface area contributed by atoms with E-state index in [-0.39, 0.29) is 5.82 Å². The first kappa shape index (κ1) is 13.9. The maximum Gasteiger partial charge on any atom is 0.146 e. The summed E-state index contributed by atoms with van der Waals surface area (Å²) in [6.45, 7) is 2.81. The number of nitrogens with one attached hydrogen (secondary N) is 1. The highest BCUT2D eigenvalue weighted by molar-refractivity contribution is 5.61. The summed E-state index contributed by atoms with van der Waals surface area (Å²) in [5.41, 5.74) is 2.88. The van der Waals surface area contributed by atoms with E-state index in [2.05, 4.69) is 16.3 Å². The quantitative estimate of drug-likeness (QED) is 0.933. The van der Waals surface area contributed by atoms with Crippen molar-refractivity contribution in [3.63, 3.8) is 0 Å². The zero-order valence-electron chi connectivity index (χ0n) is 12.1. The third-order valence-corrected chi connectivity index (χ3v) is 3.60. The van der Waals surface area contributed by atoms with E-state index in [0.29, 0.717) is 18.7 Å². The molecule has 0 unspecified atom stereocenters. The number of benzene rings is 2. The van der Waals surface area contributed by atoms with Gasteiger partial charge in [0, 0.05) is 30.8 Å². The molecule has 2 aromatic rings. The Morgan fingerprint density at radius 2 is 1.86 bits per heavy atom. The topological polar surface area (TPSA) is 24.5 Å². The first-order chi connectivity index (χ1) is 10.2. The van der Waals surface area contributed by atoms with E-state index < -0.39 is 0 Å². The van der Waals surface area contributed by atoms with E-state index in [1.165, 1.54) is 6.07 Å². The van der Waals surface area contributed by atoms with Gasteiger partial charge in [0.2, 0.25) is 0 Å². The van der Waals surface area contributed by atoms with Crippen LogP contribution in [0.25, 0.3) is 0 Å². The van der Waals surface area contributed by atoms with E-state index in [4.69, 9.17) is 4.74 Å². The number of rotatable bonds is 4. The molecule has 21 heavy (non-hydrogen) atoms. The molecule has 0 bridgehead atoms. The number of fused-ring (bicyclic) bond motifs is 1. The van der Waals surface area contributed by atoms with Crippen LogP contribution < -0.4 is 10.1 Å². The molecule has 0 aromatic heterocycles. The van der Waals surface area contributed by atoms with Crippen LogP contribution in [0.2, 0.25) is 0 Å². The zero-order valence-corrected chi connectivity index (χ0v) is 12.1. The molecule has 1 aliphatic heterocycles. The second kappa shape index (κ2) is 6.14. The summed E-state index contributed by atoms with van der Waals surface area (Å²) in [7, 11) is 1.99. The largest absolute Gasteiger partial charge is 0.489 e. The summed E-state index contributed by atoms with van der Waals surface area (Å²) in [6.07, 6.45) is 0. The molecule has 0 saturated carbocycles. The lowest BCUT2D eigenvalue weighted by atomic mass is 10.1. The molecule has 1 aliphatic rings. The number of para-hydroxylation sites is 1. The van der Waals surface area contributed by atoms with Gasteiger partial charge in [-0.1, -0.05) is 30.3 Å². The molecule has 0 spiro atoms. The predicted molar refractivity (Wildman–Crippen MR) is 82.0 cm³/mol. The van der Waals surface area contributed by atoms with Crippen LogP contribution in [-0.2, 0) is 13.1 Å². The zero-order chi connectivity index (χ0) is 14.7. The Labute approximate surface area is 124 Å². The predicted octanol–water partition coefficient (Wildman–Crippen LogP) is 3.26. The van der Waals surface area contributed by atoms with Crippen LogP contribution >= 0.6 is 0 Å². The summed E-state index contributed by atoms with van der Waals surface area (Å²) in [5, 5.41) is 3.33. The third kappa shape index (κ3) is 3.16. The van der Waals surface area contributed by atoms with Gasteiger partial charge in [0.15, 0.2) is 0 Å². The van der Waals surface area contributed by atoms with Crippen molar-refractivity contribution in [1.29, 1.82) is 0 Å². The Morgan fingerprint density at radius 1 is 1.10 bits per heavy atom. The fraction of sp³-hybridized carbons (Fsp3) is 0.294. The Balaban J connectivity index is 1.73. The Hall–Kier alpha value is -2.07. The summed E-state index contributed by atoms with van der Waals surface area (Å²) < 4.78 is 19.5. The molecule has 0 atom stereocenters. The van der Waals surface area contributed by atoms with Crippen LogP contribution in [0.5, 0.6) is 5.75 Å². The third-order valence-electron chi connectivity index (χ3n) is 3.60. The molecule has 3 nitrogen and oxygen atoms in total. The molecule has 4 heteroatoms. The van der Waals surface area contributed by atoms with Crippen molar-refractivity contribution in [3.8, 4) is 5.75 Å². The molecule has 0 amide bonds. The van der Waals surface area contributed by atoms with Gasteiger partial charge < -0.3 is 10.1 Å². The van der Waals surface area contributed by atoms with Crippen molar-refractivity contribution in [3.05, 3.63) is 59.4 Å². The average Bonchev–Trinajstić information content (AvgIpc) is 2.50. The Bertz CT molecular complexity index is 630. The van der Waals surface area contributed by atoms with Gasteiger partial charge >= 0.3 is 0 Å². The van der Waals surface area contributed by atoms with Gasteiger partial charge in [-0.05, 0) is 19.2 Å². The van der Waals surface area contributed by atoms with Crippen LogP contribution in [0, 0.1) is 5.82 Å². The maximum atomic E-state index is 13.7. The minimum absolute atomic E-state index is 0.155. The SMILES string of the molecule is CN(Cc1ccccc1F)Cc1cccc2c1OCCN2. The summed E-state index contributed by atoms with van der Waals surface area (Å²) in [4.78, 5) is 2.09. The highest BCUT2D eigenvalue weighted by atomic mass is 19.1. The number of halogens is 1. The first-order valence-corrected chi connectivity index (χ1v) is 7.14. The fourth-order valence-electron chi connectivity index (χ4n) is 2.62. The molecule has 3 rings (SSSR count). The lowest BCUT2D eigenvalue weighted by Gasteiger charge is -2.24. The molecule has 1 heterocycles. The summed E-state index contributed by atoms with van der Waals surface area (Å²) >= 11 is 0. The molecule has 0 saturated heterocycles. The van der Waals surface area contributed by atoms with E-state index in [0.717, 1.165) is 30.1 Å². The molecule has 0 aliphatic carbocycles. The Kier molecular flexibility index (Phi) is 4.06. The second-order valence-corrected chi connectivity index (χ2v) is 5.33. The van der Waals surface area contributed by atoms with Gasteiger partial charge in [0.05, 0.1) is 5.69 Å². The summed E-state index contributed by atoms with van der Waals surface area (Å²) in [5.74, 6) is 0.765. The number of hydrogen-bond acceptors (Lipinski definition) is 3. The average molecular weight is 286 g/mol. The van der Waals surface area contributed by atoms with Gasteiger partial charge in [-0.25, -0.2) is 4.39 Å². The van der Waals surface area contributed by atoms with E-state index in [9.17, 15) is 4.39 Å². The van der Waals surface area contributed by atoms with Crippen LogP contribution in [0.1, 0.15) is 11.1 Å². The standard InChI is InChI=1S/C17H19FN2O/c1-20(11-13-5-2-3-7-15(13)18)12-14-6-4-8-16-17(14)21-10-9-19-16/h2-8,19H,9-12H2,1H3. The van der Waals surface area contributed by atoms with Crippen LogP contribution in [0.3, 0.4) is 0 Å². The van der Waals surface area contributed by atoms with Gasteiger partial charge in [0.25, 0.3) is 0 Å². The number of anilines is 1. The fourth-order valence-corrected chi connectivity index (χ4v) is 2.62. The molecule has 2 aromatic carbocycles. The van der Waals surface area contributed by atoms with Crippen molar-refractivity contribution >= 4 is 5.69 Å². The molecular weight excluding hydrogens is 267 g/mol. The highest BCUT2D eigenvalue weighted by Gasteiger charge is 2.15. The monoisotopic (exact) mass is 286 g/mol. The van der Waals surface area contributed by atoms with Crippen LogP contribution in [0.4, 0.5) is 10.1 Å². The van der Waals surface area contributed by atoms with Crippen molar-refractivity contribution < 1.29 is 9.13 Å². The first-order valence-electron chi connectivity index (χ1n) is 7.14. The Morgan fingerprint density at radius 3 is 2.71 bits per heavy atom. The van der Waals surface area contributed by atoms with Gasteiger partial charge in [-0.3, -0.25) is 4.90 Å². The maximum absolute atomic E-state index is 13.7. The number of nitrogens with zero attached hydrogens (tertiary/aromatic N) is 1. The van der Waals surface area contributed by atoms with Gasteiger partial charge in [-0.2, -0.15) is 0 Å². The highest BCUT2D eigenvalue weighted by Crippen LogP contribution is 2.32. The normalized spacial score (nSPS) is 13.5. The second-order valence-electron chi connectivity index (χ2n) is 5.33. The van der Waals surface area contributed by atoms with Crippen molar-refractivity contribution in [1.82, 2.24) is 4.90 Å². The van der Waals surface area contributed by atoms with E-state index in [1.807, 2.05) is 31.3 Å².